The molecule has 4 nitrogen and oxygen atoms in total. The third kappa shape index (κ3) is 2.47. The number of rotatable bonds is 3. The molecule has 2 aromatic rings. The van der Waals surface area contributed by atoms with Crippen molar-refractivity contribution in [1.82, 2.24) is 10.1 Å². The number of nitrogens with zero attached hydrogens (tertiary/aromatic N) is 2. The summed E-state index contributed by atoms with van der Waals surface area (Å²) in [6.45, 7) is 1.69. The van der Waals surface area contributed by atoms with E-state index in [1.807, 2.05) is 0 Å². The average molecular weight is 239 g/mol. The normalized spacial score (nSPS) is 12.7. The van der Waals surface area contributed by atoms with Crippen molar-refractivity contribution in [3.8, 4) is 0 Å². The summed E-state index contributed by atoms with van der Waals surface area (Å²) in [6.07, 6.45) is -0.0851. The summed E-state index contributed by atoms with van der Waals surface area (Å²) in [7, 11) is 0. The van der Waals surface area contributed by atoms with Gasteiger partial charge in [0.15, 0.2) is 5.82 Å². The molecule has 0 radical (unpaired) electrons. The first kappa shape index (κ1) is 11.7. The Morgan fingerprint density at radius 2 is 2.00 bits per heavy atom. The van der Waals surface area contributed by atoms with E-state index in [1.54, 1.807) is 6.92 Å². The molecule has 6 heteroatoms. The highest BCUT2D eigenvalue weighted by atomic mass is 19.1. The second-order valence-corrected chi connectivity index (χ2v) is 3.71. The predicted octanol–water partition coefficient (Wildman–Crippen LogP) is 1.96. The molecule has 17 heavy (non-hydrogen) atoms. The monoisotopic (exact) mass is 239 g/mol. The molecule has 1 atom stereocenters. The first-order chi connectivity index (χ1) is 8.08. The summed E-state index contributed by atoms with van der Waals surface area (Å²) >= 11 is 0. The van der Waals surface area contributed by atoms with Crippen molar-refractivity contribution in [2.45, 2.75) is 19.4 Å². The molecule has 0 bridgehead atoms. The summed E-state index contributed by atoms with van der Waals surface area (Å²) in [6, 6.07) is 3.29. The number of halogens is 2. The van der Waals surface area contributed by atoms with Crippen molar-refractivity contribution in [2.75, 3.05) is 0 Å². The van der Waals surface area contributed by atoms with Crippen LogP contribution in [-0.4, -0.2) is 10.1 Å². The molecule has 0 spiro atoms. The summed E-state index contributed by atoms with van der Waals surface area (Å²) in [5.41, 5.74) is 5.46. The fourth-order valence-corrected chi connectivity index (χ4v) is 1.38. The molecule has 0 amide bonds. The van der Waals surface area contributed by atoms with Gasteiger partial charge in [0, 0.05) is 5.56 Å². The van der Waals surface area contributed by atoms with Crippen LogP contribution in [0.2, 0.25) is 0 Å². The Morgan fingerprint density at radius 3 is 2.53 bits per heavy atom. The lowest BCUT2D eigenvalue weighted by atomic mass is 10.1. The zero-order valence-corrected chi connectivity index (χ0v) is 9.15. The van der Waals surface area contributed by atoms with Gasteiger partial charge in [-0.1, -0.05) is 11.2 Å². The van der Waals surface area contributed by atoms with Crippen LogP contribution >= 0.6 is 0 Å². The van der Waals surface area contributed by atoms with E-state index in [0.29, 0.717) is 5.82 Å². The van der Waals surface area contributed by atoms with Crippen molar-refractivity contribution >= 4 is 0 Å². The molecule has 1 unspecified atom stereocenters. The Morgan fingerprint density at radius 1 is 1.35 bits per heavy atom. The highest BCUT2D eigenvalue weighted by Crippen LogP contribution is 2.16. The van der Waals surface area contributed by atoms with Crippen molar-refractivity contribution in [3.05, 3.63) is 47.1 Å². The van der Waals surface area contributed by atoms with E-state index in [1.165, 1.54) is 18.2 Å². The van der Waals surface area contributed by atoms with Gasteiger partial charge in [-0.25, -0.2) is 8.78 Å². The van der Waals surface area contributed by atoms with Crippen LogP contribution in [0.5, 0.6) is 0 Å². The van der Waals surface area contributed by atoms with E-state index in [0.717, 1.165) is 0 Å². The largest absolute Gasteiger partial charge is 0.339 e. The summed E-state index contributed by atoms with van der Waals surface area (Å²) in [5.74, 6) is -0.811. The van der Waals surface area contributed by atoms with Crippen molar-refractivity contribution in [1.29, 1.82) is 0 Å². The molecule has 2 rings (SSSR count). The summed E-state index contributed by atoms with van der Waals surface area (Å²) in [4.78, 5) is 3.95. The summed E-state index contributed by atoms with van der Waals surface area (Å²) < 4.78 is 31.6. The topological polar surface area (TPSA) is 64.9 Å². The Labute approximate surface area is 96.4 Å². The van der Waals surface area contributed by atoms with Gasteiger partial charge < -0.3 is 10.3 Å². The number of hydrogen-bond acceptors (Lipinski definition) is 4. The zero-order chi connectivity index (χ0) is 12.4. The van der Waals surface area contributed by atoms with Crippen LogP contribution in [0.3, 0.4) is 0 Å². The van der Waals surface area contributed by atoms with Gasteiger partial charge in [-0.05, 0) is 19.1 Å². The molecule has 0 fully saturated rings. The summed E-state index contributed by atoms with van der Waals surface area (Å²) in [5, 5.41) is 3.62. The van der Waals surface area contributed by atoms with Crippen LogP contribution in [0.15, 0.2) is 22.7 Å². The molecule has 2 N–H and O–H groups in total. The van der Waals surface area contributed by atoms with Gasteiger partial charge in [0.1, 0.15) is 11.6 Å². The van der Waals surface area contributed by atoms with Crippen molar-refractivity contribution in [2.24, 2.45) is 5.73 Å². The van der Waals surface area contributed by atoms with E-state index in [4.69, 9.17) is 10.3 Å². The molecule has 0 aliphatic carbocycles. The van der Waals surface area contributed by atoms with Crippen LogP contribution in [-0.2, 0) is 6.42 Å². The fourth-order valence-electron chi connectivity index (χ4n) is 1.38. The maximum atomic E-state index is 13.3. The number of hydrogen-bond donors (Lipinski definition) is 1. The minimum absolute atomic E-state index is 0.0851. The first-order valence-corrected chi connectivity index (χ1v) is 5.09. The lowest BCUT2D eigenvalue weighted by Crippen LogP contribution is -2.07. The molecule has 0 saturated heterocycles. The van der Waals surface area contributed by atoms with Crippen LogP contribution in [0.1, 0.15) is 30.2 Å². The van der Waals surface area contributed by atoms with E-state index < -0.39 is 11.6 Å². The molecular weight excluding hydrogens is 228 g/mol. The molecule has 0 aliphatic rings. The molecule has 1 aromatic heterocycles. The minimum Gasteiger partial charge on any atom is -0.339 e. The van der Waals surface area contributed by atoms with Gasteiger partial charge in [0.2, 0.25) is 5.89 Å². The smallest absolute Gasteiger partial charge is 0.231 e. The van der Waals surface area contributed by atoms with Crippen LogP contribution < -0.4 is 5.73 Å². The van der Waals surface area contributed by atoms with Gasteiger partial charge in [-0.3, -0.25) is 0 Å². The SMILES string of the molecule is CC(N)c1noc(Cc2c(F)cccc2F)n1. The molecule has 0 aliphatic heterocycles. The maximum absolute atomic E-state index is 13.3. The quantitative estimate of drug-likeness (QED) is 0.889. The van der Waals surface area contributed by atoms with Gasteiger partial charge in [0.25, 0.3) is 0 Å². The van der Waals surface area contributed by atoms with Crippen molar-refractivity contribution < 1.29 is 13.3 Å². The lowest BCUT2D eigenvalue weighted by Gasteiger charge is -2.00. The molecule has 1 heterocycles. The van der Waals surface area contributed by atoms with Crippen LogP contribution in [0.25, 0.3) is 0 Å². The predicted molar refractivity (Wildman–Crippen MR) is 56.1 cm³/mol. The third-order valence-electron chi connectivity index (χ3n) is 2.28. The van der Waals surface area contributed by atoms with E-state index in [9.17, 15) is 8.78 Å². The molecular formula is C11H11F2N3O. The van der Waals surface area contributed by atoms with E-state index in [-0.39, 0.29) is 23.9 Å². The van der Waals surface area contributed by atoms with Crippen molar-refractivity contribution in [3.63, 3.8) is 0 Å². The average Bonchev–Trinajstić information content (AvgIpc) is 2.72. The fraction of sp³-hybridized carbons (Fsp3) is 0.273. The van der Waals surface area contributed by atoms with Gasteiger partial charge in [-0.15, -0.1) is 0 Å². The van der Waals surface area contributed by atoms with E-state index in [2.05, 4.69) is 10.1 Å². The number of nitrogens with two attached hydrogens (primary N) is 1. The van der Waals surface area contributed by atoms with Gasteiger partial charge >= 0.3 is 0 Å². The highest BCUT2D eigenvalue weighted by Gasteiger charge is 2.15. The minimum atomic E-state index is -0.634. The Balaban J connectivity index is 2.25. The molecule has 1 aromatic carbocycles. The molecule has 90 valence electrons. The van der Waals surface area contributed by atoms with E-state index >= 15 is 0 Å². The second kappa shape index (κ2) is 4.58. The first-order valence-electron chi connectivity index (χ1n) is 5.09. The van der Waals surface area contributed by atoms with Gasteiger partial charge in [-0.2, -0.15) is 4.98 Å². The Hall–Kier alpha value is -1.82. The number of benzene rings is 1. The Kier molecular flexibility index (Phi) is 3.14. The Bertz CT molecular complexity index is 505. The highest BCUT2D eigenvalue weighted by molar-refractivity contribution is 5.22. The number of aromatic nitrogens is 2. The van der Waals surface area contributed by atoms with Gasteiger partial charge in [0.05, 0.1) is 12.5 Å². The second-order valence-electron chi connectivity index (χ2n) is 3.71. The maximum Gasteiger partial charge on any atom is 0.231 e. The lowest BCUT2D eigenvalue weighted by molar-refractivity contribution is 0.374. The standard InChI is InChI=1S/C11H11F2N3O/c1-6(14)11-15-10(17-16-11)5-7-8(12)3-2-4-9(7)13/h2-4,6H,5,14H2,1H3. The van der Waals surface area contributed by atoms with Crippen LogP contribution in [0.4, 0.5) is 8.78 Å². The van der Waals surface area contributed by atoms with Crippen LogP contribution in [0, 0.1) is 11.6 Å². The zero-order valence-electron chi connectivity index (χ0n) is 9.15. The third-order valence-corrected chi connectivity index (χ3v) is 2.28. The molecule has 0 saturated carbocycles.